The van der Waals surface area contributed by atoms with E-state index in [1.54, 1.807) is 7.11 Å². The third kappa shape index (κ3) is 4.76. The van der Waals surface area contributed by atoms with Gasteiger partial charge in [-0.3, -0.25) is 0 Å². The number of oxime groups is 1. The van der Waals surface area contributed by atoms with E-state index in [0.717, 1.165) is 36.4 Å². The first-order valence-corrected chi connectivity index (χ1v) is 10.3. The van der Waals surface area contributed by atoms with Gasteiger partial charge in [-0.25, -0.2) is 0 Å². The number of piperidine rings is 1. The van der Waals surface area contributed by atoms with E-state index in [4.69, 9.17) is 21.8 Å². The van der Waals surface area contributed by atoms with E-state index in [9.17, 15) is 13.2 Å². The Morgan fingerprint density at radius 3 is 2.52 bits per heavy atom. The number of nitrogens with one attached hydrogen (secondary N) is 1. The first-order valence-electron chi connectivity index (χ1n) is 9.91. The van der Waals surface area contributed by atoms with Crippen LogP contribution in [0.4, 0.5) is 18.9 Å². The summed E-state index contributed by atoms with van der Waals surface area (Å²) < 4.78 is 43.6. The molecule has 31 heavy (non-hydrogen) atoms. The molecule has 0 aliphatic carbocycles. The van der Waals surface area contributed by atoms with Crippen molar-refractivity contribution in [1.82, 2.24) is 4.90 Å². The second-order valence-corrected chi connectivity index (χ2v) is 8.10. The number of nitrogens with zero attached hydrogens (tertiary/aromatic N) is 2. The number of rotatable bonds is 3. The van der Waals surface area contributed by atoms with Crippen LogP contribution in [0, 0.1) is 0 Å². The summed E-state index contributed by atoms with van der Waals surface area (Å²) in [5.74, 6) is 0.748. The normalized spacial score (nSPS) is 17.8. The molecule has 0 radical (unpaired) electrons. The molecule has 1 spiro atoms. The predicted molar refractivity (Wildman–Crippen MR) is 116 cm³/mol. The molecular formula is C22H22F3N3O2S. The zero-order valence-electron chi connectivity index (χ0n) is 16.9. The number of hydrogen-bond donors (Lipinski definition) is 1. The van der Waals surface area contributed by atoms with Crippen molar-refractivity contribution in [2.24, 2.45) is 5.16 Å². The maximum Gasteiger partial charge on any atom is 0.416 e. The average Bonchev–Trinajstić information content (AvgIpc) is 3.17. The first-order chi connectivity index (χ1) is 14.8. The van der Waals surface area contributed by atoms with Crippen LogP contribution in [0.15, 0.2) is 53.7 Å². The lowest BCUT2D eigenvalue weighted by Crippen LogP contribution is -2.48. The molecule has 9 heteroatoms. The number of ether oxygens (including phenoxy) is 1. The zero-order valence-corrected chi connectivity index (χ0v) is 17.7. The fraction of sp³-hybridized carbons (Fsp3) is 0.364. The number of hydrogen-bond acceptors (Lipinski definition) is 4. The molecule has 0 unspecified atom stereocenters. The molecule has 2 aliphatic rings. The molecule has 2 aromatic carbocycles. The van der Waals surface area contributed by atoms with Crippen molar-refractivity contribution in [3.05, 3.63) is 59.7 Å². The highest BCUT2D eigenvalue weighted by molar-refractivity contribution is 7.80. The molecular weight excluding hydrogens is 427 g/mol. The van der Waals surface area contributed by atoms with Crippen LogP contribution in [0.5, 0.6) is 5.75 Å². The van der Waals surface area contributed by atoms with E-state index in [-0.39, 0.29) is 0 Å². The van der Waals surface area contributed by atoms with Gasteiger partial charge in [0.25, 0.3) is 0 Å². The van der Waals surface area contributed by atoms with Gasteiger partial charge in [0.15, 0.2) is 5.11 Å². The van der Waals surface area contributed by atoms with Crippen LogP contribution < -0.4 is 10.1 Å². The molecule has 1 fully saturated rings. The second kappa shape index (κ2) is 8.37. The summed E-state index contributed by atoms with van der Waals surface area (Å²) in [5, 5.41) is 8.05. The van der Waals surface area contributed by atoms with Gasteiger partial charge in [0.05, 0.1) is 18.4 Å². The molecule has 0 atom stereocenters. The van der Waals surface area contributed by atoms with Crippen molar-refractivity contribution in [2.45, 2.75) is 31.0 Å². The molecule has 2 aliphatic heterocycles. The standard InChI is InChI=1S/C22H22F3N3O2S/c1-29-18-4-2-3-17(13-18)26-20(31)28-11-9-21(10-12-28)14-19(27-30-21)15-5-7-16(8-6-15)22(23,24)25/h2-8,13H,9-12,14H2,1H3,(H,26,31). The van der Waals surface area contributed by atoms with Crippen molar-refractivity contribution in [3.63, 3.8) is 0 Å². The molecule has 1 N–H and O–H groups in total. The van der Waals surface area contributed by atoms with Gasteiger partial charge in [-0.2, -0.15) is 13.2 Å². The summed E-state index contributed by atoms with van der Waals surface area (Å²) in [6.07, 6.45) is -2.33. The van der Waals surface area contributed by atoms with Crippen LogP contribution in [0.3, 0.4) is 0 Å². The Hall–Kier alpha value is -2.81. The highest BCUT2D eigenvalue weighted by Crippen LogP contribution is 2.37. The van der Waals surface area contributed by atoms with Gasteiger partial charge in [-0.1, -0.05) is 23.4 Å². The summed E-state index contributed by atoms with van der Waals surface area (Å²) in [5.41, 5.74) is 1.09. The molecule has 2 aromatic rings. The van der Waals surface area contributed by atoms with E-state index < -0.39 is 17.3 Å². The van der Waals surface area contributed by atoms with Crippen LogP contribution in [0.25, 0.3) is 0 Å². The molecule has 4 rings (SSSR count). The molecule has 0 aromatic heterocycles. The van der Waals surface area contributed by atoms with Gasteiger partial charge in [0, 0.05) is 44.1 Å². The van der Waals surface area contributed by atoms with Gasteiger partial charge in [-0.15, -0.1) is 0 Å². The van der Waals surface area contributed by atoms with E-state index in [2.05, 4.69) is 15.4 Å². The summed E-state index contributed by atoms with van der Waals surface area (Å²) in [7, 11) is 1.62. The fourth-order valence-electron chi connectivity index (χ4n) is 3.82. The lowest BCUT2D eigenvalue weighted by molar-refractivity contribution is -0.137. The largest absolute Gasteiger partial charge is 0.497 e. The van der Waals surface area contributed by atoms with E-state index in [0.29, 0.717) is 35.9 Å². The smallest absolute Gasteiger partial charge is 0.416 e. The van der Waals surface area contributed by atoms with E-state index in [1.165, 1.54) is 12.1 Å². The Morgan fingerprint density at radius 1 is 1.16 bits per heavy atom. The lowest BCUT2D eigenvalue weighted by Gasteiger charge is -2.38. The van der Waals surface area contributed by atoms with Crippen molar-refractivity contribution >= 4 is 28.7 Å². The predicted octanol–water partition coefficient (Wildman–Crippen LogP) is 5.07. The third-order valence-corrected chi connectivity index (χ3v) is 6.03. The minimum Gasteiger partial charge on any atom is -0.497 e. The second-order valence-electron chi connectivity index (χ2n) is 7.71. The van der Waals surface area contributed by atoms with Crippen LogP contribution in [0.2, 0.25) is 0 Å². The van der Waals surface area contributed by atoms with Gasteiger partial charge in [-0.05, 0) is 42.0 Å². The van der Waals surface area contributed by atoms with Crippen molar-refractivity contribution < 1.29 is 22.7 Å². The topological polar surface area (TPSA) is 46.1 Å². The molecule has 2 heterocycles. The van der Waals surface area contributed by atoms with Gasteiger partial charge < -0.3 is 19.8 Å². The monoisotopic (exact) mass is 449 g/mol. The number of likely N-dealkylation sites (tertiary alicyclic amines) is 1. The van der Waals surface area contributed by atoms with Crippen molar-refractivity contribution in [3.8, 4) is 5.75 Å². The first kappa shape index (κ1) is 21.4. The Balaban J connectivity index is 1.33. The fourth-order valence-corrected chi connectivity index (χ4v) is 4.12. The van der Waals surface area contributed by atoms with Crippen LogP contribution >= 0.6 is 12.2 Å². The summed E-state index contributed by atoms with van der Waals surface area (Å²) >= 11 is 5.55. The maximum atomic E-state index is 12.8. The molecule has 5 nitrogen and oxygen atoms in total. The highest BCUT2D eigenvalue weighted by Gasteiger charge is 2.43. The number of anilines is 1. The molecule has 164 valence electrons. The number of benzene rings is 2. The number of alkyl halides is 3. The summed E-state index contributed by atoms with van der Waals surface area (Å²) in [6.45, 7) is 1.40. The number of methoxy groups -OCH3 is 1. The minimum absolute atomic E-state index is 0.430. The van der Waals surface area contributed by atoms with Gasteiger partial charge in [0.1, 0.15) is 11.4 Å². The van der Waals surface area contributed by atoms with Crippen molar-refractivity contribution in [1.29, 1.82) is 0 Å². The molecule has 1 saturated heterocycles. The van der Waals surface area contributed by atoms with Crippen LogP contribution in [-0.2, 0) is 11.0 Å². The van der Waals surface area contributed by atoms with E-state index >= 15 is 0 Å². The van der Waals surface area contributed by atoms with Gasteiger partial charge >= 0.3 is 6.18 Å². The average molecular weight is 449 g/mol. The quantitative estimate of drug-likeness (QED) is 0.663. The Bertz CT molecular complexity index is 984. The summed E-state index contributed by atoms with van der Waals surface area (Å²) in [4.78, 5) is 7.86. The summed E-state index contributed by atoms with van der Waals surface area (Å²) in [6, 6.07) is 12.6. The van der Waals surface area contributed by atoms with Gasteiger partial charge in [0.2, 0.25) is 0 Å². The Labute approximate surface area is 183 Å². The van der Waals surface area contributed by atoms with Crippen molar-refractivity contribution in [2.75, 3.05) is 25.5 Å². The maximum absolute atomic E-state index is 12.8. The molecule has 0 amide bonds. The number of halogens is 3. The minimum atomic E-state index is -4.35. The Morgan fingerprint density at radius 2 is 1.87 bits per heavy atom. The Kier molecular flexibility index (Phi) is 5.79. The molecule has 0 bridgehead atoms. The number of thiocarbonyl (C=S) groups is 1. The SMILES string of the molecule is COc1cccc(NC(=S)N2CCC3(CC2)CC(c2ccc(C(F)(F)F)cc2)=NO3)c1. The molecule has 0 saturated carbocycles. The highest BCUT2D eigenvalue weighted by atomic mass is 32.1. The third-order valence-electron chi connectivity index (χ3n) is 5.67. The van der Waals surface area contributed by atoms with Crippen LogP contribution in [0.1, 0.15) is 30.4 Å². The van der Waals surface area contributed by atoms with Crippen LogP contribution in [-0.4, -0.2) is 41.5 Å². The van der Waals surface area contributed by atoms with E-state index in [1.807, 2.05) is 24.3 Å². The zero-order chi connectivity index (χ0) is 22.1. The lowest BCUT2D eigenvalue weighted by atomic mass is 9.85.